The van der Waals surface area contributed by atoms with Gasteiger partial charge in [0, 0.05) is 38.0 Å². The van der Waals surface area contributed by atoms with Crippen molar-refractivity contribution in [3.05, 3.63) is 11.9 Å². The molecule has 22 heavy (non-hydrogen) atoms. The summed E-state index contributed by atoms with van der Waals surface area (Å²) in [6.45, 7) is 1.44. The molecule has 1 aromatic heterocycles. The minimum Gasteiger partial charge on any atom is -0.469 e. The maximum Gasteiger partial charge on any atom is 0.305 e. The second-order valence-corrected chi connectivity index (χ2v) is 6.11. The first-order chi connectivity index (χ1) is 10.7. The molecule has 2 heterocycles. The highest BCUT2D eigenvalue weighted by Crippen LogP contribution is 2.39. The molecule has 7 heteroatoms. The fourth-order valence-corrected chi connectivity index (χ4v) is 2.86. The molecule has 0 unspecified atom stereocenters. The van der Waals surface area contributed by atoms with E-state index in [0.717, 1.165) is 18.7 Å². The number of likely N-dealkylation sites (tertiary alicyclic amines) is 1. The lowest BCUT2D eigenvalue weighted by molar-refractivity contribution is -0.140. The Morgan fingerprint density at radius 1 is 1.32 bits per heavy atom. The van der Waals surface area contributed by atoms with Crippen LogP contribution in [0.2, 0.25) is 0 Å². The van der Waals surface area contributed by atoms with Crippen molar-refractivity contribution in [3.8, 4) is 0 Å². The molecule has 0 N–H and O–H groups in total. The summed E-state index contributed by atoms with van der Waals surface area (Å²) in [5, 5.41) is 8.45. The van der Waals surface area contributed by atoms with Crippen LogP contribution in [0, 0.1) is 0 Å². The zero-order chi connectivity index (χ0) is 15.5. The number of methoxy groups -OCH3 is 1. The van der Waals surface area contributed by atoms with Crippen molar-refractivity contribution < 1.29 is 14.3 Å². The monoisotopic (exact) mass is 306 g/mol. The van der Waals surface area contributed by atoms with Crippen molar-refractivity contribution in [2.75, 3.05) is 20.2 Å². The standard InChI is InChI=1S/C15H22N4O3/c1-22-15(21)4-2-3-14(20)18-8-7-12(9-18)19-10-13(16-17-19)11-5-6-11/h10-12H,2-9H2,1H3/t12-/m0/s1. The van der Waals surface area contributed by atoms with E-state index in [1.165, 1.54) is 20.0 Å². The number of esters is 1. The highest BCUT2D eigenvalue weighted by molar-refractivity contribution is 5.77. The molecular formula is C15H22N4O3. The first-order valence-electron chi connectivity index (χ1n) is 7.93. The predicted molar refractivity (Wildman–Crippen MR) is 78.1 cm³/mol. The molecule has 1 saturated carbocycles. The molecule has 120 valence electrons. The second-order valence-electron chi connectivity index (χ2n) is 6.11. The first-order valence-corrected chi connectivity index (χ1v) is 7.93. The number of ether oxygens (including phenoxy) is 1. The van der Waals surface area contributed by atoms with Gasteiger partial charge in [-0.2, -0.15) is 0 Å². The van der Waals surface area contributed by atoms with Crippen molar-refractivity contribution in [1.29, 1.82) is 0 Å². The molecule has 7 nitrogen and oxygen atoms in total. The number of nitrogens with zero attached hydrogens (tertiary/aromatic N) is 4. The molecule has 1 amide bonds. The lowest BCUT2D eigenvalue weighted by Gasteiger charge is -2.16. The highest BCUT2D eigenvalue weighted by atomic mass is 16.5. The third kappa shape index (κ3) is 3.45. The molecule has 2 aliphatic rings. The lowest BCUT2D eigenvalue weighted by Crippen LogP contribution is -2.29. The van der Waals surface area contributed by atoms with Crippen LogP contribution >= 0.6 is 0 Å². The third-order valence-electron chi connectivity index (χ3n) is 4.41. The molecule has 3 rings (SSSR count). The van der Waals surface area contributed by atoms with Gasteiger partial charge in [-0.15, -0.1) is 5.10 Å². The van der Waals surface area contributed by atoms with Crippen molar-refractivity contribution in [3.63, 3.8) is 0 Å². The Morgan fingerprint density at radius 3 is 2.86 bits per heavy atom. The summed E-state index contributed by atoms with van der Waals surface area (Å²) in [5.41, 5.74) is 1.09. The maximum absolute atomic E-state index is 12.1. The molecule has 2 fully saturated rings. The number of hydrogen-bond donors (Lipinski definition) is 0. The van der Waals surface area contributed by atoms with Crippen molar-refractivity contribution >= 4 is 11.9 Å². The Kier molecular flexibility index (Phi) is 4.40. The van der Waals surface area contributed by atoms with E-state index in [1.54, 1.807) is 0 Å². The van der Waals surface area contributed by atoms with Crippen LogP contribution in [0.5, 0.6) is 0 Å². The van der Waals surface area contributed by atoms with Gasteiger partial charge in [-0.25, -0.2) is 4.68 Å². The lowest BCUT2D eigenvalue weighted by atomic mass is 10.2. The van der Waals surface area contributed by atoms with Crippen LogP contribution in [0.15, 0.2) is 6.20 Å². The molecule has 0 bridgehead atoms. The van der Waals surface area contributed by atoms with Gasteiger partial charge < -0.3 is 9.64 Å². The van der Waals surface area contributed by atoms with Crippen molar-refractivity contribution in [2.45, 2.75) is 50.5 Å². The number of amides is 1. The normalized spacial score (nSPS) is 21.1. The molecule has 0 radical (unpaired) electrons. The van der Waals surface area contributed by atoms with E-state index in [0.29, 0.717) is 31.7 Å². The van der Waals surface area contributed by atoms with Gasteiger partial charge in [0.15, 0.2) is 0 Å². The predicted octanol–water partition coefficient (Wildman–Crippen LogP) is 1.27. The van der Waals surface area contributed by atoms with E-state index < -0.39 is 0 Å². The summed E-state index contributed by atoms with van der Waals surface area (Å²) in [6, 6.07) is 0.226. The molecule has 1 aromatic rings. The van der Waals surface area contributed by atoms with Crippen LogP contribution in [-0.4, -0.2) is 52.0 Å². The molecule has 1 aliphatic heterocycles. The second kappa shape index (κ2) is 6.46. The molecule has 1 aliphatic carbocycles. The van der Waals surface area contributed by atoms with Crippen LogP contribution in [0.3, 0.4) is 0 Å². The SMILES string of the molecule is COC(=O)CCCC(=O)N1CC[C@H](n2cc(C3CC3)nn2)C1. The zero-order valence-electron chi connectivity index (χ0n) is 12.9. The number of aromatic nitrogens is 3. The van der Waals surface area contributed by atoms with E-state index >= 15 is 0 Å². The summed E-state index contributed by atoms with van der Waals surface area (Å²) in [6.07, 6.45) is 6.62. The number of carbonyl (C=O) groups excluding carboxylic acids is 2. The van der Waals surface area contributed by atoms with E-state index in [9.17, 15) is 9.59 Å². The topological polar surface area (TPSA) is 77.3 Å². The van der Waals surface area contributed by atoms with Crippen LogP contribution in [0.4, 0.5) is 0 Å². The molecule has 0 spiro atoms. The quantitative estimate of drug-likeness (QED) is 0.740. The van der Waals surface area contributed by atoms with E-state index in [2.05, 4.69) is 15.0 Å². The van der Waals surface area contributed by atoms with Crippen molar-refractivity contribution in [1.82, 2.24) is 19.9 Å². The van der Waals surface area contributed by atoms with Crippen LogP contribution in [-0.2, 0) is 14.3 Å². The van der Waals surface area contributed by atoms with Gasteiger partial charge in [-0.1, -0.05) is 5.21 Å². The van der Waals surface area contributed by atoms with Crippen LogP contribution in [0.1, 0.15) is 56.2 Å². The Bertz CT molecular complexity index is 553. The van der Waals surface area contributed by atoms with Gasteiger partial charge in [-0.3, -0.25) is 9.59 Å². The summed E-state index contributed by atoms with van der Waals surface area (Å²) in [7, 11) is 1.36. The molecule has 1 saturated heterocycles. The molecule has 1 atom stereocenters. The Morgan fingerprint density at radius 2 is 2.14 bits per heavy atom. The number of hydrogen-bond acceptors (Lipinski definition) is 5. The van der Waals surface area contributed by atoms with Gasteiger partial charge in [0.05, 0.1) is 18.8 Å². The van der Waals surface area contributed by atoms with Crippen molar-refractivity contribution in [2.24, 2.45) is 0 Å². The van der Waals surface area contributed by atoms with Gasteiger partial charge in [-0.05, 0) is 25.7 Å². The van der Waals surface area contributed by atoms with Gasteiger partial charge in [0.1, 0.15) is 0 Å². The largest absolute Gasteiger partial charge is 0.469 e. The number of rotatable bonds is 6. The van der Waals surface area contributed by atoms with Gasteiger partial charge >= 0.3 is 5.97 Å². The van der Waals surface area contributed by atoms with E-state index in [4.69, 9.17) is 0 Å². The van der Waals surface area contributed by atoms with E-state index in [1.807, 2.05) is 15.8 Å². The maximum atomic E-state index is 12.1. The average molecular weight is 306 g/mol. The summed E-state index contributed by atoms with van der Waals surface area (Å²) >= 11 is 0. The summed E-state index contributed by atoms with van der Waals surface area (Å²) in [5.74, 6) is 0.447. The van der Waals surface area contributed by atoms with E-state index in [-0.39, 0.29) is 17.9 Å². The Balaban J connectivity index is 1.46. The van der Waals surface area contributed by atoms with Gasteiger partial charge in [0.2, 0.25) is 5.91 Å². The zero-order valence-corrected chi connectivity index (χ0v) is 12.9. The third-order valence-corrected chi connectivity index (χ3v) is 4.41. The summed E-state index contributed by atoms with van der Waals surface area (Å²) in [4.78, 5) is 25.1. The Hall–Kier alpha value is -1.92. The van der Waals surface area contributed by atoms with Gasteiger partial charge in [0.25, 0.3) is 0 Å². The smallest absolute Gasteiger partial charge is 0.305 e. The minimum atomic E-state index is -0.262. The fraction of sp³-hybridized carbons (Fsp3) is 0.733. The Labute approximate surface area is 129 Å². The van der Waals surface area contributed by atoms with Crippen LogP contribution in [0.25, 0.3) is 0 Å². The fourth-order valence-electron chi connectivity index (χ4n) is 2.86. The minimum absolute atomic E-state index is 0.105. The molecule has 0 aromatic carbocycles. The number of carbonyl (C=O) groups is 2. The average Bonchev–Trinajstić information content (AvgIpc) is 3.05. The highest BCUT2D eigenvalue weighted by Gasteiger charge is 2.30. The van der Waals surface area contributed by atoms with Crippen LogP contribution < -0.4 is 0 Å². The first kappa shape index (κ1) is 15.0. The summed E-state index contributed by atoms with van der Waals surface area (Å²) < 4.78 is 6.49. The molecular weight excluding hydrogens is 284 g/mol.